The monoisotopic (exact) mass is 266 g/mol. The Morgan fingerprint density at radius 2 is 1.60 bits per heavy atom. The normalized spacial score (nSPS) is 14.3. The maximum absolute atomic E-state index is 13.7. The summed E-state index contributed by atoms with van der Waals surface area (Å²) in [6, 6.07) is 15.2. The molecule has 3 rings (SSSR count). The van der Waals surface area contributed by atoms with Crippen molar-refractivity contribution in [2.24, 2.45) is 0 Å². The van der Waals surface area contributed by atoms with Gasteiger partial charge in [-0.3, -0.25) is 0 Å². The van der Waals surface area contributed by atoms with Crippen LogP contribution in [-0.2, 0) is 12.8 Å². The van der Waals surface area contributed by atoms with Crippen molar-refractivity contribution in [3.05, 3.63) is 65.0 Å². The van der Waals surface area contributed by atoms with Crippen LogP contribution in [0.15, 0.2) is 42.5 Å². The zero-order chi connectivity index (χ0) is 13.9. The molecule has 2 aromatic carbocycles. The fourth-order valence-corrected chi connectivity index (χ4v) is 2.80. The van der Waals surface area contributed by atoms with E-state index in [1.54, 1.807) is 6.07 Å². The Hall–Kier alpha value is -2.34. The molecule has 20 heavy (non-hydrogen) atoms. The van der Waals surface area contributed by atoms with Gasteiger partial charge in [-0.15, -0.1) is 0 Å². The Kier molecular flexibility index (Phi) is 3.39. The van der Waals surface area contributed by atoms with E-state index in [1.165, 1.54) is 17.2 Å². The summed E-state index contributed by atoms with van der Waals surface area (Å²) < 4.78 is 13.7. The third-order valence-electron chi connectivity index (χ3n) is 3.86. The topological polar surface area (TPSA) is 27.0 Å². The fraction of sp³-hybridized carbons (Fsp3) is 0.235. The number of anilines is 1. The minimum Gasteiger partial charge on any atom is -0.370 e. The number of hydrogen-bond donors (Lipinski definition) is 0. The Morgan fingerprint density at radius 3 is 2.20 bits per heavy atom. The Morgan fingerprint density at radius 1 is 0.950 bits per heavy atom. The van der Waals surface area contributed by atoms with Crippen LogP contribution in [0.4, 0.5) is 10.1 Å². The van der Waals surface area contributed by atoms with Crippen LogP contribution >= 0.6 is 0 Å². The van der Waals surface area contributed by atoms with Crippen molar-refractivity contribution in [2.75, 3.05) is 18.0 Å². The number of nitrogens with zero attached hydrogens (tertiary/aromatic N) is 2. The van der Waals surface area contributed by atoms with Crippen molar-refractivity contribution in [1.82, 2.24) is 0 Å². The van der Waals surface area contributed by atoms with E-state index >= 15 is 0 Å². The van der Waals surface area contributed by atoms with Gasteiger partial charge in [0.2, 0.25) is 0 Å². The van der Waals surface area contributed by atoms with Crippen molar-refractivity contribution >= 4 is 5.69 Å². The van der Waals surface area contributed by atoms with Crippen LogP contribution in [0.2, 0.25) is 0 Å². The van der Waals surface area contributed by atoms with E-state index in [2.05, 4.69) is 29.2 Å². The quantitative estimate of drug-likeness (QED) is 0.792. The first-order valence-electron chi connectivity index (χ1n) is 6.80. The standard InChI is InChI=1S/C17H15FN2/c18-16-6-3-7-17(15(16)12-19)20-10-8-13-4-1-2-5-14(13)9-11-20/h1-7H,8-11H2. The van der Waals surface area contributed by atoms with Gasteiger partial charge in [0.15, 0.2) is 0 Å². The molecule has 1 heterocycles. The van der Waals surface area contributed by atoms with E-state index in [1.807, 2.05) is 12.1 Å². The lowest BCUT2D eigenvalue weighted by molar-refractivity contribution is 0.622. The lowest BCUT2D eigenvalue weighted by Crippen LogP contribution is -2.27. The third kappa shape index (κ3) is 2.25. The predicted molar refractivity (Wildman–Crippen MR) is 77.2 cm³/mol. The second-order valence-electron chi connectivity index (χ2n) is 5.00. The Balaban J connectivity index is 1.91. The summed E-state index contributed by atoms with van der Waals surface area (Å²) in [5.41, 5.74) is 3.56. The first kappa shape index (κ1) is 12.7. The maximum atomic E-state index is 13.7. The van der Waals surface area contributed by atoms with Crippen molar-refractivity contribution < 1.29 is 4.39 Å². The molecule has 2 aromatic rings. The van der Waals surface area contributed by atoms with E-state index in [0.29, 0.717) is 5.69 Å². The first-order chi connectivity index (χ1) is 9.79. The van der Waals surface area contributed by atoms with Gasteiger partial charge in [-0.05, 0) is 36.1 Å². The van der Waals surface area contributed by atoms with Gasteiger partial charge in [-0.1, -0.05) is 30.3 Å². The fourth-order valence-electron chi connectivity index (χ4n) is 2.80. The van der Waals surface area contributed by atoms with E-state index < -0.39 is 5.82 Å². The van der Waals surface area contributed by atoms with Crippen LogP contribution in [0.3, 0.4) is 0 Å². The summed E-state index contributed by atoms with van der Waals surface area (Å²) in [6.45, 7) is 1.63. The molecule has 0 aromatic heterocycles. The van der Waals surface area contributed by atoms with Crippen molar-refractivity contribution in [3.8, 4) is 6.07 Å². The average molecular weight is 266 g/mol. The molecule has 0 N–H and O–H groups in total. The van der Waals surface area contributed by atoms with Gasteiger partial charge in [-0.2, -0.15) is 5.26 Å². The highest BCUT2D eigenvalue weighted by atomic mass is 19.1. The molecule has 1 aliphatic rings. The second kappa shape index (κ2) is 5.34. The van der Waals surface area contributed by atoms with Crippen LogP contribution in [0.1, 0.15) is 16.7 Å². The average Bonchev–Trinajstić information content (AvgIpc) is 2.69. The second-order valence-corrected chi connectivity index (χ2v) is 5.00. The van der Waals surface area contributed by atoms with Gasteiger partial charge in [0.25, 0.3) is 0 Å². The third-order valence-corrected chi connectivity index (χ3v) is 3.86. The van der Waals surface area contributed by atoms with Crippen molar-refractivity contribution in [1.29, 1.82) is 5.26 Å². The molecule has 0 fully saturated rings. The van der Waals surface area contributed by atoms with Crippen LogP contribution in [0, 0.1) is 17.1 Å². The number of nitriles is 1. The summed E-state index contributed by atoms with van der Waals surface area (Å²) >= 11 is 0. The molecule has 0 radical (unpaired) electrons. The van der Waals surface area contributed by atoms with Gasteiger partial charge in [0, 0.05) is 13.1 Å². The van der Waals surface area contributed by atoms with Gasteiger partial charge in [0.1, 0.15) is 17.4 Å². The Labute approximate surface area is 118 Å². The van der Waals surface area contributed by atoms with Crippen LogP contribution in [0.25, 0.3) is 0 Å². The van der Waals surface area contributed by atoms with Crippen LogP contribution < -0.4 is 4.90 Å². The molecular weight excluding hydrogens is 251 g/mol. The van der Waals surface area contributed by atoms with Gasteiger partial charge in [-0.25, -0.2) is 4.39 Å². The lowest BCUT2D eigenvalue weighted by atomic mass is 10.0. The molecule has 0 atom stereocenters. The van der Waals surface area contributed by atoms with Crippen LogP contribution in [-0.4, -0.2) is 13.1 Å². The zero-order valence-corrected chi connectivity index (χ0v) is 11.1. The van der Waals surface area contributed by atoms with Crippen molar-refractivity contribution in [3.63, 3.8) is 0 Å². The molecule has 0 saturated carbocycles. The van der Waals surface area contributed by atoms with E-state index in [9.17, 15) is 4.39 Å². The number of benzene rings is 2. The smallest absolute Gasteiger partial charge is 0.143 e. The minimum atomic E-state index is -0.438. The zero-order valence-electron chi connectivity index (χ0n) is 11.1. The molecule has 0 bridgehead atoms. The highest BCUT2D eigenvalue weighted by Crippen LogP contribution is 2.25. The molecule has 100 valence electrons. The summed E-state index contributed by atoms with van der Waals surface area (Å²) in [7, 11) is 0. The molecule has 0 saturated heterocycles. The highest BCUT2D eigenvalue weighted by Gasteiger charge is 2.18. The number of hydrogen-bond acceptors (Lipinski definition) is 2. The Bertz CT molecular complexity index is 646. The van der Waals surface area contributed by atoms with Gasteiger partial charge < -0.3 is 4.90 Å². The van der Waals surface area contributed by atoms with E-state index in [-0.39, 0.29) is 5.56 Å². The molecule has 0 spiro atoms. The predicted octanol–water partition coefficient (Wildman–Crippen LogP) is 3.30. The van der Waals surface area contributed by atoms with Crippen molar-refractivity contribution in [2.45, 2.75) is 12.8 Å². The minimum absolute atomic E-state index is 0.151. The molecule has 2 nitrogen and oxygen atoms in total. The van der Waals surface area contributed by atoms with Crippen LogP contribution in [0.5, 0.6) is 0 Å². The lowest BCUT2D eigenvalue weighted by Gasteiger charge is -2.23. The number of halogens is 1. The highest BCUT2D eigenvalue weighted by molar-refractivity contribution is 5.60. The maximum Gasteiger partial charge on any atom is 0.143 e. The number of rotatable bonds is 1. The van der Waals surface area contributed by atoms with E-state index in [4.69, 9.17) is 5.26 Å². The van der Waals surface area contributed by atoms with Gasteiger partial charge >= 0.3 is 0 Å². The largest absolute Gasteiger partial charge is 0.370 e. The molecule has 0 aliphatic carbocycles. The van der Waals surface area contributed by atoms with E-state index in [0.717, 1.165) is 25.9 Å². The SMILES string of the molecule is N#Cc1c(F)cccc1N1CCc2ccccc2CC1. The number of fused-ring (bicyclic) bond motifs is 1. The molecule has 0 unspecified atom stereocenters. The molecule has 3 heteroatoms. The van der Waals surface area contributed by atoms with Gasteiger partial charge in [0.05, 0.1) is 5.69 Å². The molecule has 0 amide bonds. The summed E-state index contributed by atoms with van der Waals surface area (Å²) in [6.07, 6.45) is 1.86. The molecule has 1 aliphatic heterocycles. The molecular formula is C17H15FN2. The first-order valence-corrected chi connectivity index (χ1v) is 6.80. The summed E-state index contributed by atoms with van der Waals surface area (Å²) in [4.78, 5) is 2.11. The summed E-state index contributed by atoms with van der Waals surface area (Å²) in [5.74, 6) is -0.438. The summed E-state index contributed by atoms with van der Waals surface area (Å²) in [5, 5.41) is 9.16.